The molecule has 4 nitrogen and oxygen atoms in total. The first-order valence-electron chi connectivity index (χ1n) is 12.3. The lowest BCUT2D eigenvalue weighted by molar-refractivity contribution is 0.123. The lowest BCUT2D eigenvalue weighted by Crippen LogP contribution is -2.43. The lowest BCUT2D eigenvalue weighted by atomic mass is 10.1. The van der Waals surface area contributed by atoms with E-state index < -0.39 is 8.80 Å². The molecule has 0 aromatic heterocycles. The normalized spacial score (nSPS) is 11.9. The second-order valence-corrected chi connectivity index (χ2v) is 11.2. The van der Waals surface area contributed by atoms with Gasteiger partial charge in [-0.15, -0.1) is 12.4 Å². The van der Waals surface area contributed by atoms with Gasteiger partial charge in [0.15, 0.2) is 0 Å². The van der Waals surface area contributed by atoms with Crippen LogP contribution in [0.2, 0.25) is 6.04 Å². The van der Waals surface area contributed by atoms with E-state index in [0.29, 0.717) is 0 Å². The fourth-order valence-electron chi connectivity index (χ4n) is 3.61. The van der Waals surface area contributed by atoms with Crippen molar-refractivity contribution in [2.75, 3.05) is 34.4 Å². The van der Waals surface area contributed by atoms with Crippen LogP contribution in [-0.2, 0) is 13.3 Å². The standard InChI is InChI=1S/C24H51NO3Si.ClH/c1-5-6-7-8-9-10-11-12-13-14-15-16-17-18-19-20-22-25-23-21-24-29(26-2,27-3)28-4;/h12-13,25H,5-11,14-24H2,1-4H3;1H. The third-order valence-electron chi connectivity index (χ3n) is 5.63. The molecule has 30 heavy (non-hydrogen) atoms. The minimum Gasteiger partial charge on any atom is -0.377 e. The third kappa shape index (κ3) is 20.0. The highest BCUT2D eigenvalue weighted by atomic mass is 35.5. The van der Waals surface area contributed by atoms with Crippen molar-refractivity contribution in [2.24, 2.45) is 0 Å². The predicted octanol–water partition coefficient (Wildman–Crippen LogP) is 7.30. The Kier molecular flexibility index (Phi) is 27.3. The number of halogens is 1. The Morgan fingerprint density at radius 1 is 0.600 bits per heavy atom. The molecule has 0 unspecified atom stereocenters. The molecule has 0 saturated carbocycles. The number of allylic oxidation sites excluding steroid dienone is 2. The molecule has 0 rings (SSSR count). The molecule has 0 fully saturated rings. The molecule has 1 N–H and O–H groups in total. The molecule has 0 radical (unpaired) electrons. The molecule has 6 heteroatoms. The van der Waals surface area contributed by atoms with Gasteiger partial charge in [-0.1, -0.05) is 76.9 Å². The summed E-state index contributed by atoms with van der Waals surface area (Å²) in [4.78, 5) is 0. The molecule has 0 saturated heterocycles. The number of unbranched alkanes of at least 4 members (excludes halogenated alkanes) is 12. The highest BCUT2D eigenvalue weighted by molar-refractivity contribution is 6.60. The van der Waals surface area contributed by atoms with Gasteiger partial charge in [-0.2, -0.15) is 0 Å². The second-order valence-electron chi connectivity index (χ2n) is 8.09. The van der Waals surface area contributed by atoms with E-state index >= 15 is 0 Å². The maximum atomic E-state index is 5.44. The van der Waals surface area contributed by atoms with Gasteiger partial charge in [0.1, 0.15) is 0 Å². The Morgan fingerprint density at radius 3 is 1.53 bits per heavy atom. The van der Waals surface area contributed by atoms with Crippen LogP contribution in [0.4, 0.5) is 0 Å². The van der Waals surface area contributed by atoms with Gasteiger partial charge in [0, 0.05) is 27.4 Å². The van der Waals surface area contributed by atoms with Gasteiger partial charge >= 0.3 is 8.80 Å². The van der Waals surface area contributed by atoms with Crippen LogP contribution < -0.4 is 5.32 Å². The zero-order chi connectivity index (χ0) is 21.5. The Bertz CT molecular complexity index is 347. The van der Waals surface area contributed by atoms with Gasteiger partial charge in [-0.3, -0.25) is 0 Å². The van der Waals surface area contributed by atoms with Crippen molar-refractivity contribution < 1.29 is 13.3 Å². The van der Waals surface area contributed by atoms with Crippen LogP contribution in [-0.4, -0.2) is 43.2 Å². The highest BCUT2D eigenvalue weighted by Crippen LogP contribution is 2.14. The Balaban J connectivity index is 0. The summed E-state index contributed by atoms with van der Waals surface area (Å²) in [6.45, 7) is 4.40. The predicted molar refractivity (Wildman–Crippen MR) is 136 cm³/mol. The van der Waals surface area contributed by atoms with Crippen molar-refractivity contribution in [3.05, 3.63) is 12.2 Å². The monoisotopic (exact) mass is 465 g/mol. The lowest BCUT2D eigenvalue weighted by Gasteiger charge is -2.24. The number of nitrogens with one attached hydrogen (secondary N) is 1. The molecule has 0 aromatic carbocycles. The van der Waals surface area contributed by atoms with Crippen LogP contribution in [0.1, 0.15) is 103 Å². The minimum absolute atomic E-state index is 0. The molecular formula is C24H52ClNO3Si. The van der Waals surface area contributed by atoms with E-state index in [0.717, 1.165) is 25.6 Å². The zero-order valence-corrected chi connectivity index (χ0v) is 22.3. The van der Waals surface area contributed by atoms with Crippen molar-refractivity contribution in [3.63, 3.8) is 0 Å². The first-order valence-corrected chi connectivity index (χ1v) is 14.2. The number of hydrogen-bond donors (Lipinski definition) is 1. The average Bonchev–Trinajstić information content (AvgIpc) is 2.75. The summed E-state index contributed by atoms with van der Waals surface area (Å²) in [7, 11) is 2.66. The molecule has 0 spiro atoms. The maximum absolute atomic E-state index is 5.44. The zero-order valence-electron chi connectivity index (χ0n) is 20.5. The van der Waals surface area contributed by atoms with Crippen molar-refractivity contribution in [1.82, 2.24) is 5.32 Å². The average molecular weight is 466 g/mol. The van der Waals surface area contributed by atoms with Crippen molar-refractivity contribution in [3.8, 4) is 0 Å². The van der Waals surface area contributed by atoms with E-state index in [1.54, 1.807) is 21.3 Å². The second kappa shape index (κ2) is 25.3. The summed E-state index contributed by atoms with van der Waals surface area (Å²) in [5.41, 5.74) is 0. The molecule has 0 aliphatic rings. The largest absolute Gasteiger partial charge is 0.500 e. The fraction of sp³-hybridized carbons (Fsp3) is 0.917. The van der Waals surface area contributed by atoms with Gasteiger partial charge in [-0.25, -0.2) is 0 Å². The van der Waals surface area contributed by atoms with Crippen molar-refractivity contribution in [2.45, 2.75) is 109 Å². The fourth-order valence-corrected chi connectivity index (χ4v) is 5.33. The molecule has 0 bridgehead atoms. The van der Waals surface area contributed by atoms with Crippen molar-refractivity contribution in [1.29, 1.82) is 0 Å². The van der Waals surface area contributed by atoms with E-state index in [4.69, 9.17) is 13.3 Å². The van der Waals surface area contributed by atoms with Crippen LogP contribution >= 0.6 is 12.4 Å². The first-order chi connectivity index (χ1) is 14.2. The molecule has 0 amide bonds. The van der Waals surface area contributed by atoms with E-state index in [1.165, 1.54) is 89.9 Å². The van der Waals surface area contributed by atoms with Crippen LogP contribution in [0.25, 0.3) is 0 Å². The maximum Gasteiger partial charge on any atom is 0.500 e. The van der Waals surface area contributed by atoms with Gasteiger partial charge in [-0.05, 0) is 51.6 Å². The van der Waals surface area contributed by atoms with Gasteiger partial charge < -0.3 is 18.6 Å². The van der Waals surface area contributed by atoms with E-state index in [2.05, 4.69) is 24.4 Å². The number of hydrogen-bond acceptors (Lipinski definition) is 4. The van der Waals surface area contributed by atoms with Gasteiger partial charge in [0.2, 0.25) is 0 Å². The summed E-state index contributed by atoms with van der Waals surface area (Å²) >= 11 is 0. The Morgan fingerprint density at radius 2 is 1.03 bits per heavy atom. The summed E-state index contributed by atoms with van der Waals surface area (Å²) in [6, 6.07) is 0.872. The number of rotatable bonds is 23. The van der Waals surface area contributed by atoms with Gasteiger partial charge in [0.05, 0.1) is 0 Å². The van der Waals surface area contributed by atoms with Crippen LogP contribution in [0.15, 0.2) is 12.2 Å². The Labute approximate surface area is 195 Å². The van der Waals surface area contributed by atoms with E-state index in [9.17, 15) is 0 Å². The van der Waals surface area contributed by atoms with E-state index in [-0.39, 0.29) is 12.4 Å². The molecule has 182 valence electrons. The van der Waals surface area contributed by atoms with Crippen molar-refractivity contribution >= 4 is 21.2 Å². The quantitative estimate of drug-likeness (QED) is 0.0975. The minimum atomic E-state index is -2.38. The Hall–Kier alpha value is 0.0869. The molecule has 0 heterocycles. The van der Waals surface area contributed by atoms with Crippen LogP contribution in [0.5, 0.6) is 0 Å². The molecular weight excluding hydrogens is 414 g/mol. The molecule has 0 atom stereocenters. The topological polar surface area (TPSA) is 39.7 Å². The third-order valence-corrected chi connectivity index (χ3v) is 8.47. The molecule has 0 aromatic rings. The molecule has 0 aliphatic carbocycles. The van der Waals surface area contributed by atoms with Crippen LogP contribution in [0.3, 0.4) is 0 Å². The summed E-state index contributed by atoms with van der Waals surface area (Å²) in [6.07, 6.45) is 24.9. The van der Waals surface area contributed by atoms with E-state index in [1.807, 2.05) is 0 Å². The summed E-state index contributed by atoms with van der Waals surface area (Å²) < 4.78 is 16.3. The summed E-state index contributed by atoms with van der Waals surface area (Å²) in [5.74, 6) is 0. The first kappa shape index (κ1) is 32.3. The SMILES string of the molecule is CCCCCCCCC=CCCCCCCCCNCCC[Si](OC)(OC)OC.Cl. The van der Waals surface area contributed by atoms with Gasteiger partial charge in [0.25, 0.3) is 0 Å². The summed E-state index contributed by atoms with van der Waals surface area (Å²) in [5, 5.41) is 3.53. The highest BCUT2D eigenvalue weighted by Gasteiger charge is 2.36. The van der Waals surface area contributed by atoms with Crippen LogP contribution in [0, 0.1) is 0 Å². The molecule has 0 aliphatic heterocycles. The smallest absolute Gasteiger partial charge is 0.377 e.